The first-order valence-corrected chi connectivity index (χ1v) is 9.70. The molecule has 1 spiro atoms. The molecule has 0 aliphatic carbocycles. The average molecular weight is 499 g/mol. The van der Waals surface area contributed by atoms with Gasteiger partial charge in [0.15, 0.2) is 5.78 Å². The number of carbonyl (C=O) groups is 1. The maximum absolute atomic E-state index is 13.7. The number of halogens is 7. The quantitative estimate of drug-likeness (QED) is 0.310. The number of carbonyl (C=O) groups excluding carboxylic acids is 1. The normalized spacial score (nSPS) is 17.3. The zero-order valence-corrected chi connectivity index (χ0v) is 18.2. The Kier molecular flexibility index (Phi) is 6.50. The smallest absolute Gasteiger partial charge is 0.363 e. The van der Waals surface area contributed by atoms with Gasteiger partial charge in [-0.2, -0.15) is 13.2 Å². The van der Waals surface area contributed by atoms with E-state index < -0.39 is 17.5 Å². The van der Waals surface area contributed by atoms with Crippen molar-refractivity contribution in [2.24, 2.45) is 0 Å². The van der Waals surface area contributed by atoms with Crippen LogP contribution in [-0.2, 0) is 16.9 Å². The summed E-state index contributed by atoms with van der Waals surface area (Å²) in [6.45, 7) is 1.66. The SMILES string of the molecule is Cl.O=C(C=C(c1cc(Cl)c(Cl)c(Cl)c1)C(F)(F)F)c1ccc2c(c1)COC21CNC1. The van der Waals surface area contributed by atoms with Crippen molar-refractivity contribution in [3.63, 3.8) is 0 Å². The average Bonchev–Trinajstić information content (AvgIpc) is 3.01. The summed E-state index contributed by atoms with van der Waals surface area (Å²) in [7, 11) is 0. The fourth-order valence-corrected chi connectivity index (χ4v) is 4.10. The van der Waals surface area contributed by atoms with Crippen molar-refractivity contribution in [2.75, 3.05) is 13.1 Å². The van der Waals surface area contributed by atoms with Crippen LogP contribution in [0.25, 0.3) is 5.57 Å². The van der Waals surface area contributed by atoms with Crippen molar-refractivity contribution in [2.45, 2.75) is 18.4 Å². The van der Waals surface area contributed by atoms with Gasteiger partial charge in [0, 0.05) is 18.7 Å². The van der Waals surface area contributed by atoms with Gasteiger partial charge in [-0.05, 0) is 41.0 Å². The minimum absolute atomic E-state index is 0. The third-order valence-corrected chi connectivity index (χ3v) is 6.28. The monoisotopic (exact) mass is 497 g/mol. The summed E-state index contributed by atoms with van der Waals surface area (Å²) in [5, 5.41) is 2.82. The van der Waals surface area contributed by atoms with Crippen molar-refractivity contribution in [3.8, 4) is 0 Å². The van der Waals surface area contributed by atoms with Gasteiger partial charge < -0.3 is 10.1 Å². The van der Waals surface area contributed by atoms with Gasteiger partial charge >= 0.3 is 6.18 Å². The zero-order valence-electron chi connectivity index (χ0n) is 15.1. The van der Waals surface area contributed by atoms with Crippen LogP contribution in [-0.4, -0.2) is 25.0 Å². The molecule has 2 aliphatic rings. The summed E-state index contributed by atoms with van der Waals surface area (Å²) in [5.74, 6) is -0.782. The zero-order chi connectivity index (χ0) is 21.0. The molecule has 0 radical (unpaired) electrons. The van der Waals surface area contributed by atoms with Crippen molar-refractivity contribution in [1.29, 1.82) is 0 Å². The maximum atomic E-state index is 13.7. The van der Waals surface area contributed by atoms with Crippen LogP contribution in [0.3, 0.4) is 0 Å². The summed E-state index contributed by atoms with van der Waals surface area (Å²) in [5.41, 5.74) is 0.0277. The fourth-order valence-electron chi connectivity index (χ4n) is 3.50. The number of nitrogens with one attached hydrogen (secondary N) is 1. The van der Waals surface area contributed by atoms with Crippen molar-refractivity contribution < 1.29 is 22.7 Å². The topological polar surface area (TPSA) is 38.3 Å². The Balaban J connectivity index is 0.00000256. The van der Waals surface area contributed by atoms with Gasteiger partial charge in [-0.15, -0.1) is 12.4 Å². The van der Waals surface area contributed by atoms with E-state index in [9.17, 15) is 18.0 Å². The van der Waals surface area contributed by atoms with E-state index in [1.165, 1.54) is 6.07 Å². The number of ether oxygens (including phenoxy) is 1. The molecule has 160 valence electrons. The van der Waals surface area contributed by atoms with Crippen LogP contribution in [0.2, 0.25) is 15.1 Å². The van der Waals surface area contributed by atoms with Crippen LogP contribution >= 0.6 is 47.2 Å². The van der Waals surface area contributed by atoms with E-state index in [0.717, 1.165) is 23.3 Å². The highest BCUT2D eigenvalue weighted by Gasteiger charge is 2.45. The largest absolute Gasteiger partial charge is 0.417 e. The molecule has 1 fully saturated rings. The second-order valence-corrected chi connectivity index (χ2v) is 8.12. The lowest BCUT2D eigenvalue weighted by Gasteiger charge is -2.39. The minimum atomic E-state index is -4.79. The van der Waals surface area contributed by atoms with Gasteiger partial charge in [-0.3, -0.25) is 4.79 Å². The number of benzene rings is 2. The molecule has 0 aromatic heterocycles. The molecule has 0 atom stereocenters. The molecule has 1 saturated heterocycles. The molecule has 2 aromatic rings. The second kappa shape index (κ2) is 8.34. The van der Waals surface area contributed by atoms with Crippen LogP contribution in [0.5, 0.6) is 0 Å². The number of hydrogen-bond acceptors (Lipinski definition) is 3. The number of ketones is 1. The first-order chi connectivity index (χ1) is 13.6. The molecular formula is C20H14Cl4F3NO2. The van der Waals surface area contributed by atoms with E-state index in [0.29, 0.717) is 25.8 Å². The molecule has 0 saturated carbocycles. The standard InChI is InChI=1S/C20H13Cl3F3NO2.ClH/c21-15-4-11(5-16(22)18(15)23)14(20(24,25)26)6-17(28)10-1-2-13-12(3-10)7-29-19(13)8-27-9-19;/h1-6,27H,7-9H2;1H. The van der Waals surface area contributed by atoms with E-state index in [2.05, 4.69) is 5.32 Å². The lowest BCUT2D eigenvalue weighted by atomic mass is 9.86. The maximum Gasteiger partial charge on any atom is 0.417 e. The van der Waals surface area contributed by atoms with E-state index >= 15 is 0 Å². The Labute approximate surface area is 191 Å². The highest BCUT2D eigenvalue weighted by molar-refractivity contribution is 6.48. The van der Waals surface area contributed by atoms with Crippen LogP contribution in [0.1, 0.15) is 27.0 Å². The van der Waals surface area contributed by atoms with E-state index in [-0.39, 0.29) is 44.2 Å². The minimum Gasteiger partial charge on any atom is -0.363 e. The van der Waals surface area contributed by atoms with Crippen LogP contribution < -0.4 is 5.32 Å². The third-order valence-electron chi connectivity index (χ3n) is 5.08. The van der Waals surface area contributed by atoms with Gasteiger partial charge in [-0.25, -0.2) is 0 Å². The summed E-state index contributed by atoms with van der Waals surface area (Å²) in [6, 6.07) is 6.91. The third kappa shape index (κ3) is 4.09. The molecule has 2 aliphatic heterocycles. The molecule has 3 nitrogen and oxygen atoms in total. The van der Waals surface area contributed by atoms with Gasteiger partial charge in [0.1, 0.15) is 5.60 Å². The van der Waals surface area contributed by atoms with Crippen LogP contribution in [0.15, 0.2) is 36.4 Å². The van der Waals surface area contributed by atoms with Crippen molar-refractivity contribution in [1.82, 2.24) is 5.32 Å². The fraction of sp³-hybridized carbons (Fsp3) is 0.250. The molecule has 4 rings (SSSR count). The number of hydrogen-bond donors (Lipinski definition) is 1. The predicted octanol–water partition coefficient (Wildman–Crippen LogP) is 6.23. The second-order valence-electron chi connectivity index (χ2n) is 6.93. The number of rotatable bonds is 3. The Hall–Kier alpha value is -1.28. The van der Waals surface area contributed by atoms with E-state index in [4.69, 9.17) is 39.5 Å². The van der Waals surface area contributed by atoms with E-state index in [1.54, 1.807) is 12.1 Å². The summed E-state index contributed by atoms with van der Waals surface area (Å²) in [4.78, 5) is 12.6. The molecule has 30 heavy (non-hydrogen) atoms. The molecule has 2 heterocycles. The molecule has 0 amide bonds. The highest BCUT2D eigenvalue weighted by atomic mass is 35.5. The Bertz CT molecular complexity index is 1030. The number of allylic oxidation sites excluding steroid dienone is 2. The molecular weight excluding hydrogens is 485 g/mol. The molecule has 0 bridgehead atoms. The molecule has 1 N–H and O–H groups in total. The van der Waals surface area contributed by atoms with Crippen LogP contribution in [0.4, 0.5) is 13.2 Å². The van der Waals surface area contributed by atoms with Gasteiger partial charge in [0.25, 0.3) is 0 Å². The summed E-state index contributed by atoms with van der Waals surface area (Å²) >= 11 is 17.5. The lowest BCUT2D eigenvalue weighted by molar-refractivity contribution is -0.0746. The Morgan fingerprint density at radius 3 is 2.23 bits per heavy atom. The first kappa shape index (κ1) is 23.4. The molecule has 2 aromatic carbocycles. The number of fused-ring (bicyclic) bond motifs is 2. The lowest BCUT2D eigenvalue weighted by Crippen LogP contribution is -2.56. The predicted molar refractivity (Wildman–Crippen MR) is 113 cm³/mol. The summed E-state index contributed by atoms with van der Waals surface area (Å²) in [6.07, 6.45) is -4.24. The highest BCUT2D eigenvalue weighted by Crippen LogP contribution is 2.41. The van der Waals surface area contributed by atoms with Gasteiger partial charge in [-0.1, -0.05) is 46.9 Å². The molecule has 10 heteroatoms. The first-order valence-electron chi connectivity index (χ1n) is 8.57. The Morgan fingerprint density at radius 1 is 1.07 bits per heavy atom. The van der Waals surface area contributed by atoms with Crippen molar-refractivity contribution in [3.05, 3.63) is 73.7 Å². The van der Waals surface area contributed by atoms with Gasteiger partial charge in [0.2, 0.25) is 0 Å². The van der Waals surface area contributed by atoms with Gasteiger partial charge in [0.05, 0.1) is 27.2 Å². The van der Waals surface area contributed by atoms with Crippen molar-refractivity contribution >= 4 is 58.6 Å². The number of alkyl halides is 3. The van der Waals surface area contributed by atoms with Crippen LogP contribution in [0, 0.1) is 0 Å². The Morgan fingerprint density at radius 2 is 1.70 bits per heavy atom. The summed E-state index contributed by atoms with van der Waals surface area (Å²) < 4.78 is 46.8. The molecule has 0 unspecified atom stereocenters. The van der Waals surface area contributed by atoms with E-state index in [1.807, 2.05) is 0 Å².